The van der Waals surface area contributed by atoms with Crippen molar-refractivity contribution in [3.63, 3.8) is 0 Å². The van der Waals surface area contributed by atoms with Crippen molar-refractivity contribution in [3.8, 4) is 0 Å². The molecule has 0 spiro atoms. The van der Waals surface area contributed by atoms with Gasteiger partial charge in [0.05, 0.1) is 11.4 Å². The number of anilines is 1. The fourth-order valence-corrected chi connectivity index (χ4v) is 2.22. The van der Waals surface area contributed by atoms with Crippen LogP contribution in [0.15, 0.2) is 12.1 Å². The van der Waals surface area contributed by atoms with Crippen LogP contribution in [0.2, 0.25) is 0 Å². The molecule has 1 heterocycles. The SMILES string of the molecule is Cc1nc(C2CCCCC2)ccc1N. The quantitative estimate of drug-likeness (QED) is 0.739. The van der Waals surface area contributed by atoms with Crippen LogP contribution in [0.5, 0.6) is 0 Å². The Hall–Kier alpha value is -1.05. The van der Waals surface area contributed by atoms with Gasteiger partial charge in [-0.2, -0.15) is 0 Å². The molecule has 76 valence electrons. The summed E-state index contributed by atoms with van der Waals surface area (Å²) in [5, 5.41) is 0. The highest BCUT2D eigenvalue weighted by Gasteiger charge is 2.16. The lowest BCUT2D eigenvalue weighted by molar-refractivity contribution is 0.436. The Morgan fingerprint density at radius 2 is 1.93 bits per heavy atom. The number of pyridine rings is 1. The highest BCUT2D eigenvalue weighted by atomic mass is 14.8. The summed E-state index contributed by atoms with van der Waals surface area (Å²) in [4.78, 5) is 4.57. The van der Waals surface area contributed by atoms with Crippen LogP contribution in [0.25, 0.3) is 0 Å². The molecule has 0 aromatic carbocycles. The third-order valence-corrected chi connectivity index (χ3v) is 3.17. The van der Waals surface area contributed by atoms with E-state index in [1.807, 2.05) is 13.0 Å². The van der Waals surface area contributed by atoms with Crippen molar-refractivity contribution in [3.05, 3.63) is 23.5 Å². The monoisotopic (exact) mass is 190 g/mol. The normalized spacial score (nSPS) is 18.4. The number of hydrogen-bond donors (Lipinski definition) is 1. The second-order valence-corrected chi connectivity index (χ2v) is 4.25. The van der Waals surface area contributed by atoms with Gasteiger partial charge in [0.15, 0.2) is 0 Å². The van der Waals surface area contributed by atoms with E-state index >= 15 is 0 Å². The van der Waals surface area contributed by atoms with E-state index in [9.17, 15) is 0 Å². The summed E-state index contributed by atoms with van der Waals surface area (Å²) >= 11 is 0. The van der Waals surface area contributed by atoms with Crippen LogP contribution < -0.4 is 5.73 Å². The Morgan fingerprint density at radius 3 is 2.57 bits per heavy atom. The molecular weight excluding hydrogens is 172 g/mol. The lowest BCUT2D eigenvalue weighted by atomic mass is 9.86. The summed E-state index contributed by atoms with van der Waals surface area (Å²) in [6.45, 7) is 1.99. The molecule has 1 aliphatic carbocycles. The molecule has 2 N–H and O–H groups in total. The number of nitrogens with two attached hydrogens (primary N) is 1. The maximum absolute atomic E-state index is 5.76. The van der Waals surface area contributed by atoms with Crippen molar-refractivity contribution in [2.75, 3.05) is 5.73 Å². The molecule has 2 rings (SSSR count). The molecule has 1 fully saturated rings. The van der Waals surface area contributed by atoms with E-state index in [2.05, 4.69) is 11.1 Å². The predicted octanol–water partition coefficient (Wildman–Crippen LogP) is 3.02. The number of aromatic nitrogens is 1. The molecule has 0 bridgehead atoms. The van der Waals surface area contributed by atoms with Crippen LogP contribution in [0.3, 0.4) is 0 Å². The summed E-state index contributed by atoms with van der Waals surface area (Å²) in [7, 11) is 0. The minimum atomic E-state index is 0.683. The van der Waals surface area contributed by atoms with E-state index in [1.165, 1.54) is 37.8 Å². The van der Waals surface area contributed by atoms with Gasteiger partial charge >= 0.3 is 0 Å². The van der Waals surface area contributed by atoms with E-state index in [1.54, 1.807) is 0 Å². The van der Waals surface area contributed by atoms with Gasteiger partial charge in [0.1, 0.15) is 0 Å². The Morgan fingerprint density at radius 1 is 1.21 bits per heavy atom. The van der Waals surface area contributed by atoms with Crippen LogP contribution in [0.1, 0.15) is 49.4 Å². The zero-order valence-electron chi connectivity index (χ0n) is 8.79. The summed E-state index contributed by atoms with van der Waals surface area (Å²) in [6, 6.07) is 4.09. The van der Waals surface area contributed by atoms with Gasteiger partial charge in [0.25, 0.3) is 0 Å². The Kier molecular flexibility index (Phi) is 2.71. The molecule has 0 atom stereocenters. The summed E-state index contributed by atoms with van der Waals surface area (Å²) in [6.07, 6.45) is 6.71. The zero-order valence-corrected chi connectivity index (χ0v) is 8.79. The second kappa shape index (κ2) is 3.99. The molecule has 1 aromatic rings. The lowest BCUT2D eigenvalue weighted by Gasteiger charge is -2.21. The van der Waals surface area contributed by atoms with Crippen LogP contribution in [0, 0.1) is 6.92 Å². The first-order valence-corrected chi connectivity index (χ1v) is 5.50. The van der Waals surface area contributed by atoms with Gasteiger partial charge in [-0.15, -0.1) is 0 Å². The molecular formula is C12H18N2. The fraction of sp³-hybridized carbons (Fsp3) is 0.583. The summed E-state index contributed by atoms with van der Waals surface area (Å²) in [5.41, 5.74) is 8.79. The fourth-order valence-electron chi connectivity index (χ4n) is 2.22. The molecule has 0 aliphatic heterocycles. The molecule has 1 aromatic heterocycles. The van der Waals surface area contributed by atoms with E-state index in [0.717, 1.165) is 11.4 Å². The van der Waals surface area contributed by atoms with Crippen LogP contribution >= 0.6 is 0 Å². The first kappa shape index (κ1) is 9.50. The highest BCUT2D eigenvalue weighted by molar-refractivity contribution is 5.42. The predicted molar refractivity (Wildman–Crippen MR) is 59.2 cm³/mol. The van der Waals surface area contributed by atoms with Crippen molar-refractivity contribution < 1.29 is 0 Å². The minimum absolute atomic E-state index is 0.683. The van der Waals surface area contributed by atoms with Crippen molar-refractivity contribution in [1.29, 1.82) is 0 Å². The number of aryl methyl sites for hydroxylation is 1. The molecule has 0 saturated heterocycles. The van der Waals surface area contributed by atoms with Crippen LogP contribution in [-0.2, 0) is 0 Å². The van der Waals surface area contributed by atoms with Gasteiger partial charge in [0, 0.05) is 11.6 Å². The van der Waals surface area contributed by atoms with Gasteiger partial charge < -0.3 is 5.73 Å². The van der Waals surface area contributed by atoms with Crippen LogP contribution in [-0.4, -0.2) is 4.98 Å². The van der Waals surface area contributed by atoms with E-state index in [4.69, 9.17) is 5.73 Å². The Labute approximate surface area is 85.5 Å². The van der Waals surface area contributed by atoms with Gasteiger partial charge in [0.2, 0.25) is 0 Å². The molecule has 0 amide bonds. The number of nitrogens with zero attached hydrogens (tertiary/aromatic N) is 1. The van der Waals surface area contributed by atoms with Crippen molar-refractivity contribution in [2.24, 2.45) is 0 Å². The van der Waals surface area contributed by atoms with E-state index in [0.29, 0.717) is 5.92 Å². The molecule has 1 aliphatic rings. The Bertz CT molecular complexity index is 314. The molecule has 14 heavy (non-hydrogen) atoms. The van der Waals surface area contributed by atoms with Crippen molar-refractivity contribution in [1.82, 2.24) is 4.98 Å². The first-order chi connectivity index (χ1) is 6.77. The van der Waals surface area contributed by atoms with Gasteiger partial charge in [-0.1, -0.05) is 19.3 Å². The maximum Gasteiger partial charge on any atom is 0.0605 e. The number of rotatable bonds is 1. The van der Waals surface area contributed by atoms with E-state index in [-0.39, 0.29) is 0 Å². The standard InChI is InChI=1S/C12H18N2/c1-9-11(13)7-8-12(14-9)10-5-3-2-4-6-10/h7-8,10H,2-6,13H2,1H3. The highest BCUT2D eigenvalue weighted by Crippen LogP contribution is 2.31. The molecule has 0 unspecified atom stereocenters. The Balaban J connectivity index is 2.18. The number of hydrogen-bond acceptors (Lipinski definition) is 2. The van der Waals surface area contributed by atoms with Gasteiger partial charge in [-0.3, -0.25) is 4.98 Å². The molecule has 2 heteroatoms. The van der Waals surface area contributed by atoms with Gasteiger partial charge in [-0.05, 0) is 31.9 Å². The average Bonchev–Trinajstić information content (AvgIpc) is 2.23. The largest absolute Gasteiger partial charge is 0.397 e. The zero-order chi connectivity index (χ0) is 9.97. The summed E-state index contributed by atoms with van der Waals surface area (Å²) in [5.74, 6) is 0.683. The topological polar surface area (TPSA) is 38.9 Å². The third kappa shape index (κ3) is 1.89. The first-order valence-electron chi connectivity index (χ1n) is 5.50. The lowest BCUT2D eigenvalue weighted by Crippen LogP contribution is -2.07. The number of nitrogen functional groups attached to an aromatic ring is 1. The van der Waals surface area contributed by atoms with Crippen molar-refractivity contribution >= 4 is 5.69 Å². The molecule has 1 saturated carbocycles. The van der Waals surface area contributed by atoms with Crippen molar-refractivity contribution in [2.45, 2.75) is 44.9 Å². The van der Waals surface area contributed by atoms with Crippen LogP contribution in [0.4, 0.5) is 5.69 Å². The molecule has 2 nitrogen and oxygen atoms in total. The maximum atomic E-state index is 5.76. The van der Waals surface area contributed by atoms with E-state index < -0.39 is 0 Å². The third-order valence-electron chi connectivity index (χ3n) is 3.17. The van der Waals surface area contributed by atoms with Gasteiger partial charge in [-0.25, -0.2) is 0 Å². The average molecular weight is 190 g/mol. The smallest absolute Gasteiger partial charge is 0.0605 e. The minimum Gasteiger partial charge on any atom is -0.397 e. The summed E-state index contributed by atoms with van der Waals surface area (Å²) < 4.78 is 0. The molecule has 0 radical (unpaired) electrons. The second-order valence-electron chi connectivity index (χ2n) is 4.25.